The Kier molecular flexibility index (Phi) is 3.46. The highest BCUT2D eigenvalue weighted by molar-refractivity contribution is 5.91. The zero-order valence-corrected chi connectivity index (χ0v) is 7.82. The first-order valence-electron chi connectivity index (χ1n) is 4.66. The van der Waals surface area contributed by atoms with Crippen LogP contribution in [0.2, 0.25) is 0 Å². The second kappa shape index (κ2) is 4.62. The summed E-state index contributed by atoms with van der Waals surface area (Å²) in [6.45, 7) is 2.63. The maximum Gasteiger partial charge on any atom is 0.102 e. The van der Waals surface area contributed by atoms with Crippen LogP contribution in [-0.4, -0.2) is 12.3 Å². The number of rotatable bonds is 3. The molecule has 1 aliphatic rings. The topological polar surface area (TPSA) is 59.9 Å². The van der Waals surface area contributed by atoms with Gasteiger partial charge in [0.05, 0.1) is 24.6 Å². The Bertz CT molecular complexity index is 280. The van der Waals surface area contributed by atoms with E-state index < -0.39 is 0 Å². The summed E-state index contributed by atoms with van der Waals surface area (Å²) in [5.41, 5.74) is 0.941. The first kappa shape index (κ1) is 9.74. The molecule has 0 unspecified atom stereocenters. The van der Waals surface area contributed by atoms with Crippen molar-refractivity contribution in [3.63, 3.8) is 0 Å². The van der Waals surface area contributed by atoms with Gasteiger partial charge < -0.3 is 0 Å². The Hall–Kier alpha value is -1.35. The third-order valence-electron chi connectivity index (χ3n) is 2.34. The van der Waals surface area contributed by atoms with Gasteiger partial charge in [-0.25, -0.2) is 0 Å². The molecule has 0 spiro atoms. The summed E-state index contributed by atoms with van der Waals surface area (Å²) in [6.07, 6.45) is 3.05. The lowest BCUT2D eigenvalue weighted by Crippen LogP contribution is -2.15. The van der Waals surface area contributed by atoms with E-state index in [4.69, 9.17) is 10.5 Å². The lowest BCUT2D eigenvalue weighted by atomic mass is 9.91. The van der Waals surface area contributed by atoms with Crippen LogP contribution in [0.15, 0.2) is 4.99 Å². The summed E-state index contributed by atoms with van der Waals surface area (Å²) >= 11 is 0. The summed E-state index contributed by atoms with van der Waals surface area (Å²) in [5, 5.41) is 17.6. The first-order valence-corrected chi connectivity index (χ1v) is 4.66. The van der Waals surface area contributed by atoms with Gasteiger partial charge in [-0.3, -0.25) is 4.99 Å². The smallest absolute Gasteiger partial charge is 0.102 e. The van der Waals surface area contributed by atoms with Crippen LogP contribution in [-0.2, 0) is 0 Å². The fourth-order valence-corrected chi connectivity index (χ4v) is 1.52. The zero-order chi connectivity index (χ0) is 9.68. The van der Waals surface area contributed by atoms with E-state index in [0.29, 0.717) is 6.54 Å². The second-order valence-electron chi connectivity index (χ2n) is 3.28. The SMILES string of the molecule is CCCCC1=NC[C@H](C#N)[C@H]1C#N. The summed E-state index contributed by atoms with van der Waals surface area (Å²) < 4.78 is 0. The molecule has 13 heavy (non-hydrogen) atoms. The van der Waals surface area contributed by atoms with Gasteiger partial charge in [0.2, 0.25) is 0 Å². The van der Waals surface area contributed by atoms with E-state index in [1.165, 1.54) is 0 Å². The van der Waals surface area contributed by atoms with Gasteiger partial charge in [-0.15, -0.1) is 0 Å². The second-order valence-corrected chi connectivity index (χ2v) is 3.28. The zero-order valence-electron chi connectivity index (χ0n) is 7.82. The summed E-state index contributed by atoms with van der Waals surface area (Å²) in [5.74, 6) is -0.437. The van der Waals surface area contributed by atoms with Gasteiger partial charge in [-0.1, -0.05) is 13.3 Å². The highest BCUT2D eigenvalue weighted by atomic mass is 14.8. The Morgan fingerprint density at radius 3 is 2.77 bits per heavy atom. The average Bonchev–Trinajstić information content (AvgIpc) is 2.56. The van der Waals surface area contributed by atoms with Crippen LogP contribution < -0.4 is 0 Å². The van der Waals surface area contributed by atoms with Gasteiger partial charge in [-0.2, -0.15) is 10.5 Å². The molecule has 2 atom stereocenters. The van der Waals surface area contributed by atoms with Gasteiger partial charge >= 0.3 is 0 Å². The molecule has 1 aliphatic heterocycles. The molecule has 0 amide bonds. The molecule has 3 heteroatoms. The van der Waals surface area contributed by atoms with E-state index in [1.54, 1.807) is 0 Å². The highest BCUT2D eigenvalue weighted by Gasteiger charge is 2.30. The Balaban J connectivity index is 2.58. The molecule has 68 valence electrons. The fourth-order valence-electron chi connectivity index (χ4n) is 1.52. The molecule has 0 aromatic rings. The van der Waals surface area contributed by atoms with E-state index in [0.717, 1.165) is 25.0 Å². The van der Waals surface area contributed by atoms with Gasteiger partial charge in [-0.05, 0) is 12.8 Å². The first-order chi connectivity index (χ1) is 6.33. The summed E-state index contributed by atoms with van der Waals surface area (Å²) in [4.78, 5) is 4.25. The van der Waals surface area contributed by atoms with Crippen LogP contribution in [0.3, 0.4) is 0 Å². The number of nitrogens with zero attached hydrogens (tertiary/aromatic N) is 3. The molecule has 3 nitrogen and oxygen atoms in total. The Morgan fingerprint density at radius 1 is 1.46 bits per heavy atom. The molecule has 0 radical (unpaired) electrons. The number of nitriles is 2. The van der Waals surface area contributed by atoms with Crippen molar-refractivity contribution in [3.8, 4) is 12.1 Å². The summed E-state index contributed by atoms with van der Waals surface area (Å²) in [6, 6.07) is 4.30. The molecular formula is C10H13N3. The van der Waals surface area contributed by atoms with Gasteiger partial charge in [0, 0.05) is 5.71 Å². The quantitative estimate of drug-likeness (QED) is 0.657. The van der Waals surface area contributed by atoms with E-state index in [-0.39, 0.29) is 11.8 Å². The maximum atomic E-state index is 8.86. The maximum absolute atomic E-state index is 8.86. The molecule has 0 fully saturated rings. The van der Waals surface area contributed by atoms with Crippen molar-refractivity contribution in [2.45, 2.75) is 26.2 Å². The lowest BCUT2D eigenvalue weighted by molar-refractivity contribution is 0.656. The van der Waals surface area contributed by atoms with Crippen molar-refractivity contribution in [1.29, 1.82) is 10.5 Å². The fraction of sp³-hybridized carbons (Fsp3) is 0.700. The van der Waals surface area contributed by atoms with Crippen molar-refractivity contribution in [3.05, 3.63) is 0 Å². The number of unbranched alkanes of at least 4 members (excludes halogenated alkanes) is 1. The van der Waals surface area contributed by atoms with Gasteiger partial charge in [0.25, 0.3) is 0 Å². The van der Waals surface area contributed by atoms with Crippen molar-refractivity contribution >= 4 is 5.71 Å². The Morgan fingerprint density at radius 2 is 2.23 bits per heavy atom. The molecular weight excluding hydrogens is 162 g/mol. The van der Waals surface area contributed by atoms with E-state index in [1.807, 2.05) is 0 Å². The van der Waals surface area contributed by atoms with Crippen LogP contribution in [0, 0.1) is 34.5 Å². The van der Waals surface area contributed by atoms with Crippen molar-refractivity contribution in [2.24, 2.45) is 16.8 Å². The van der Waals surface area contributed by atoms with Gasteiger partial charge in [0.1, 0.15) is 5.92 Å². The number of hydrogen-bond donors (Lipinski definition) is 0. The van der Waals surface area contributed by atoms with Gasteiger partial charge in [0.15, 0.2) is 0 Å². The molecule has 0 saturated heterocycles. The molecule has 0 aliphatic carbocycles. The van der Waals surface area contributed by atoms with Crippen LogP contribution >= 0.6 is 0 Å². The normalized spacial score (nSPS) is 26.2. The third-order valence-corrected chi connectivity index (χ3v) is 2.34. The van der Waals surface area contributed by atoms with E-state index >= 15 is 0 Å². The molecule has 1 rings (SSSR count). The largest absolute Gasteiger partial charge is 0.291 e. The van der Waals surface area contributed by atoms with E-state index in [2.05, 4.69) is 24.1 Å². The standard InChI is InChI=1S/C10H13N3/c1-2-3-4-10-9(6-12)8(5-11)7-13-10/h8-9H,2-4,7H2,1H3/t8-,9+/m0/s1. The monoisotopic (exact) mass is 175 g/mol. The molecule has 1 heterocycles. The molecule has 0 N–H and O–H groups in total. The number of hydrogen-bond acceptors (Lipinski definition) is 3. The molecule has 0 bridgehead atoms. The van der Waals surface area contributed by atoms with Crippen LogP contribution in [0.5, 0.6) is 0 Å². The molecule has 0 aromatic heterocycles. The number of aliphatic imine (C=N–C) groups is 1. The molecule has 0 saturated carbocycles. The van der Waals surface area contributed by atoms with Crippen molar-refractivity contribution < 1.29 is 0 Å². The third kappa shape index (κ3) is 2.06. The minimum absolute atomic E-state index is 0.197. The predicted molar refractivity (Wildman–Crippen MR) is 50.0 cm³/mol. The predicted octanol–water partition coefficient (Wildman–Crippen LogP) is 1.91. The highest BCUT2D eigenvalue weighted by Crippen LogP contribution is 2.23. The van der Waals surface area contributed by atoms with Crippen LogP contribution in [0.4, 0.5) is 0 Å². The lowest BCUT2D eigenvalue weighted by Gasteiger charge is -2.06. The van der Waals surface area contributed by atoms with Crippen molar-refractivity contribution in [1.82, 2.24) is 0 Å². The van der Waals surface area contributed by atoms with Crippen molar-refractivity contribution in [2.75, 3.05) is 6.54 Å². The summed E-state index contributed by atoms with van der Waals surface area (Å²) in [7, 11) is 0. The molecule has 0 aromatic carbocycles. The minimum Gasteiger partial charge on any atom is -0.291 e. The average molecular weight is 175 g/mol. The van der Waals surface area contributed by atoms with Crippen LogP contribution in [0.1, 0.15) is 26.2 Å². The van der Waals surface area contributed by atoms with Crippen LogP contribution in [0.25, 0.3) is 0 Å². The van der Waals surface area contributed by atoms with E-state index in [9.17, 15) is 0 Å². The minimum atomic E-state index is -0.239. The Labute approximate surface area is 78.7 Å².